The third kappa shape index (κ3) is 5.04. The highest BCUT2D eigenvalue weighted by atomic mass is 32.1. The maximum absolute atomic E-state index is 12.6. The van der Waals surface area contributed by atoms with Crippen LogP contribution in [-0.2, 0) is 0 Å². The minimum Gasteiger partial charge on any atom is -0.457 e. The van der Waals surface area contributed by atoms with Crippen molar-refractivity contribution in [2.24, 2.45) is 0 Å². The highest BCUT2D eigenvalue weighted by Gasteiger charge is 2.12. The van der Waals surface area contributed by atoms with E-state index in [0.29, 0.717) is 32.9 Å². The van der Waals surface area contributed by atoms with Crippen molar-refractivity contribution in [3.05, 3.63) is 108 Å². The summed E-state index contributed by atoms with van der Waals surface area (Å²) in [5, 5.41) is 6.80. The molecule has 0 bridgehead atoms. The van der Waals surface area contributed by atoms with Gasteiger partial charge in [0.25, 0.3) is 11.8 Å². The van der Waals surface area contributed by atoms with Gasteiger partial charge in [-0.05, 0) is 72.8 Å². The van der Waals surface area contributed by atoms with Crippen LogP contribution in [0.1, 0.15) is 20.7 Å². The van der Waals surface area contributed by atoms with Crippen molar-refractivity contribution in [2.75, 3.05) is 10.6 Å². The summed E-state index contributed by atoms with van der Waals surface area (Å²) in [6.45, 7) is 0. The molecule has 6 rings (SSSR count). The number of nitrogens with zero attached hydrogens (tertiary/aromatic N) is 2. The van der Waals surface area contributed by atoms with E-state index in [-0.39, 0.29) is 11.8 Å². The maximum Gasteiger partial charge on any atom is 0.257 e. The monoisotopic (exact) mass is 522 g/mol. The highest BCUT2D eigenvalue weighted by Crippen LogP contribution is 2.28. The summed E-state index contributed by atoms with van der Waals surface area (Å²) in [4.78, 5) is 34.1. The first kappa shape index (κ1) is 22.8. The summed E-state index contributed by atoms with van der Waals surface area (Å²) in [7, 11) is 0. The highest BCUT2D eigenvalue weighted by molar-refractivity contribution is 7.22. The van der Waals surface area contributed by atoms with Gasteiger partial charge in [-0.25, -0.2) is 9.97 Å². The van der Waals surface area contributed by atoms with Crippen molar-refractivity contribution in [1.82, 2.24) is 9.97 Å². The van der Waals surface area contributed by atoms with E-state index in [0.717, 1.165) is 20.4 Å². The topological polar surface area (TPSA) is 93.2 Å². The molecule has 2 amide bonds. The Hall–Kier alpha value is -4.60. The molecule has 0 aliphatic heterocycles. The van der Waals surface area contributed by atoms with Gasteiger partial charge in [-0.3, -0.25) is 20.2 Å². The molecule has 9 heteroatoms. The van der Waals surface area contributed by atoms with Crippen molar-refractivity contribution < 1.29 is 14.3 Å². The van der Waals surface area contributed by atoms with E-state index in [4.69, 9.17) is 4.74 Å². The Kier molecular flexibility index (Phi) is 6.05. The van der Waals surface area contributed by atoms with Gasteiger partial charge in [0.2, 0.25) is 0 Å². The summed E-state index contributed by atoms with van der Waals surface area (Å²) in [5.74, 6) is 0.662. The maximum atomic E-state index is 12.6. The fraction of sp³-hybridized carbons (Fsp3) is 0. The summed E-state index contributed by atoms with van der Waals surface area (Å²) in [6, 6.07) is 29.1. The molecule has 6 aromatic rings. The van der Waals surface area contributed by atoms with Gasteiger partial charge in [-0.15, -0.1) is 0 Å². The smallest absolute Gasteiger partial charge is 0.257 e. The fourth-order valence-electron chi connectivity index (χ4n) is 3.67. The van der Waals surface area contributed by atoms with Crippen LogP contribution in [0, 0.1) is 0 Å². The van der Waals surface area contributed by atoms with Crippen LogP contribution in [-0.4, -0.2) is 21.8 Å². The summed E-state index contributed by atoms with van der Waals surface area (Å²) >= 11 is 2.86. The number of aromatic nitrogens is 2. The van der Waals surface area contributed by atoms with E-state index in [2.05, 4.69) is 20.6 Å². The van der Waals surface area contributed by atoms with Crippen molar-refractivity contribution in [3.63, 3.8) is 0 Å². The molecule has 0 aliphatic carbocycles. The average molecular weight is 523 g/mol. The van der Waals surface area contributed by atoms with Gasteiger partial charge in [-0.1, -0.05) is 46.9 Å². The Morgan fingerprint density at radius 1 is 0.568 bits per heavy atom. The van der Waals surface area contributed by atoms with Crippen LogP contribution in [0.5, 0.6) is 11.5 Å². The molecule has 2 N–H and O–H groups in total. The SMILES string of the molecule is O=C(Nc1nc2ccccc2s1)c1ccc(Oc2ccc(C(=O)Nc3nc4ccccc4s3)cc2)cc1. The first-order valence-electron chi connectivity index (χ1n) is 11.3. The minimum atomic E-state index is -0.242. The second-order valence-electron chi connectivity index (χ2n) is 8.03. The minimum absolute atomic E-state index is 0.242. The number of carbonyl (C=O) groups excluding carboxylic acids is 2. The molecule has 37 heavy (non-hydrogen) atoms. The molecule has 0 aliphatic rings. The van der Waals surface area contributed by atoms with Crippen LogP contribution < -0.4 is 15.4 Å². The zero-order valence-electron chi connectivity index (χ0n) is 19.2. The van der Waals surface area contributed by atoms with Crippen LogP contribution in [0.2, 0.25) is 0 Å². The number of fused-ring (bicyclic) bond motifs is 2. The number of rotatable bonds is 6. The van der Waals surface area contributed by atoms with E-state index in [1.165, 1.54) is 22.7 Å². The quantitative estimate of drug-likeness (QED) is 0.241. The molecular weight excluding hydrogens is 504 g/mol. The molecule has 2 heterocycles. The van der Waals surface area contributed by atoms with E-state index < -0.39 is 0 Å². The van der Waals surface area contributed by atoms with Crippen LogP contribution in [0.25, 0.3) is 20.4 Å². The van der Waals surface area contributed by atoms with Crippen LogP contribution in [0.3, 0.4) is 0 Å². The second-order valence-corrected chi connectivity index (χ2v) is 10.1. The molecular formula is C28H18N4O3S2. The number of anilines is 2. The zero-order chi connectivity index (χ0) is 25.2. The molecule has 0 saturated carbocycles. The van der Waals surface area contributed by atoms with Gasteiger partial charge in [-0.2, -0.15) is 0 Å². The van der Waals surface area contributed by atoms with Gasteiger partial charge in [0.15, 0.2) is 10.3 Å². The van der Waals surface area contributed by atoms with E-state index in [1.54, 1.807) is 48.5 Å². The number of benzene rings is 4. The number of hydrogen-bond donors (Lipinski definition) is 2. The van der Waals surface area contributed by atoms with Gasteiger partial charge < -0.3 is 4.74 Å². The first-order chi connectivity index (χ1) is 18.1. The molecule has 0 atom stereocenters. The zero-order valence-corrected chi connectivity index (χ0v) is 20.8. The molecule has 180 valence electrons. The third-order valence-electron chi connectivity index (χ3n) is 5.50. The summed E-state index contributed by atoms with van der Waals surface area (Å²) in [5.41, 5.74) is 2.69. The number of amides is 2. The van der Waals surface area contributed by atoms with E-state index >= 15 is 0 Å². The van der Waals surface area contributed by atoms with Gasteiger partial charge >= 0.3 is 0 Å². The lowest BCUT2D eigenvalue weighted by Gasteiger charge is -2.08. The lowest BCUT2D eigenvalue weighted by Crippen LogP contribution is -2.11. The Labute approximate surface area is 219 Å². The number of para-hydroxylation sites is 2. The van der Waals surface area contributed by atoms with Crippen molar-refractivity contribution in [1.29, 1.82) is 0 Å². The molecule has 0 radical (unpaired) electrons. The Morgan fingerprint density at radius 2 is 0.973 bits per heavy atom. The predicted octanol–water partition coefficient (Wildman–Crippen LogP) is 7.20. The Balaban J connectivity index is 1.07. The molecule has 7 nitrogen and oxygen atoms in total. The molecule has 0 unspecified atom stereocenters. The lowest BCUT2D eigenvalue weighted by atomic mass is 10.2. The third-order valence-corrected chi connectivity index (χ3v) is 7.40. The number of thiazole rings is 2. The van der Waals surface area contributed by atoms with Crippen LogP contribution in [0.4, 0.5) is 10.3 Å². The van der Waals surface area contributed by atoms with Gasteiger partial charge in [0.1, 0.15) is 11.5 Å². The standard InChI is InChI=1S/C28H18N4O3S2/c33-25(31-27-29-21-5-1-3-7-23(21)36-27)17-9-13-19(14-10-17)35-20-15-11-18(12-16-20)26(34)32-28-30-22-6-2-4-8-24(22)37-28/h1-16H,(H,29,31,33)(H,30,32,34). The fourth-order valence-corrected chi connectivity index (χ4v) is 5.40. The van der Waals surface area contributed by atoms with Gasteiger partial charge in [0, 0.05) is 11.1 Å². The van der Waals surface area contributed by atoms with Gasteiger partial charge in [0.05, 0.1) is 20.4 Å². The van der Waals surface area contributed by atoms with Crippen molar-refractivity contribution in [2.45, 2.75) is 0 Å². The Bertz CT molecular complexity index is 1550. The number of carbonyl (C=O) groups is 2. The van der Waals surface area contributed by atoms with Crippen LogP contribution in [0.15, 0.2) is 97.1 Å². The second kappa shape index (κ2) is 9.81. The Morgan fingerprint density at radius 3 is 1.38 bits per heavy atom. The lowest BCUT2D eigenvalue weighted by molar-refractivity contribution is 0.101. The molecule has 0 fully saturated rings. The van der Waals surface area contributed by atoms with E-state index in [1.807, 2.05) is 48.5 Å². The number of hydrogen-bond acceptors (Lipinski definition) is 7. The molecule has 0 spiro atoms. The predicted molar refractivity (Wildman–Crippen MR) is 148 cm³/mol. The van der Waals surface area contributed by atoms with Crippen molar-refractivity contribution >= 4 is 65.2 Å². The van der Waals surface area contributed by atoms with Crippen LogP contribution >= 0.6 is 22.7 Å². The van der Waals surface area contributed by atoms with E-state index in [9.17, 15) is 9.59 Å². The molecule has 2 aromatic heterocycles. The summed E-state index contributed by atoms with van der Waals surface area (Å²) < 4.78 is 7.91. The largest absolute Gasteiger partial charge is 0.457 e. The summed E-state index contributed by atoms with van der Waals surface area (Å²) in [6.07, 6.45) is 0. The normalized spacial score (nSPS) is 10.9. The number of ether oxygens (including phenoxy) is 1. The van der Waals surface area contributed by atoms with Crippen molar-refractivity contribution in [3.8, 4) is 11.5 Å². The first-order valence-corrected chi connectivity index (χ1v) is 13.0. The average Bonchev–Trinajstić information content (AvgIpc) is 3.52. The molecule has 4 aromatic carbocycles. The number of nitrogens with one attached hydrogen (secondary N) is 2. The molecule has 0 saturated heterocycles.